The Morgan fingerprint density at radius 2 is 1.92 bits per heavy atom. The standard InChI is InChI=1S/C18H18N4OS/c1-2-8-14(13-9-4-3-5-10-13)16(23)20-18-22-21-17(24-18)15-11-6-7-12-19-15/h3-7,9-12,14H,2,8H2,1H3,(H,20,22,23). The van der Waals surface area contributed by atoms with Gasteiger partial charge >= 0.3 is 0 Å². The average molecular weight is 338 g/mol. The van der Waals surface area contributed by atoms with Gasteiger partial charge in [0, 0.05) is 6.20 Å². The van der Waals surface area contributed by atoms with Crippen LogP contribution in [0.3, 0.4) is 0 Å². The van der Waals surface area contributed by atoms with E-state index in [9.17, 15) is 4.79 Å². The second-order valence-corrected chi connectivity index (χ2v) is 6.35. The summed E-state index contributed by atoms with van der Waals surface area (Å²) >= 11 is 1.33. The minimum atomic E-state index is -0.182. The minimum Gasteiger partial charge on any atom is -0.300 e. The van der Waals surface area contributed by atoms with Crippen molar-refractivity contribution in [3.05, 3.63) is 60.3 Å². The molecule has 0 aliphatic carbocycles. The van der Waals surface area contributed by atoms with E-state index < -0.39 is 0 Å². The van der Waals surface area contributed by atoms with E-state index in [1.54, 1.807) is 6.20 Å². The number of nitrogens with one attached hydrogen (secondary N) is 1. The van der Waals surface area contributed by atoms with Gasteiger partial charge in [0.1, 0.15) is 5.69 Å². The van der Waals surface area contributed by atoms with Crippen LogP contribution in [0.5, 0.6) is 0 Å². The van der Waals surface area contributed by atoms with Gasteiger partial charge in [0.15, 0.2) is 5.01 Å². The molecule has 6 heteroatoms. The topological polar surface area (TPSA) is 67.8 Å². The highest BCUT2D eigenvalue weighted by molar-refractivity contribution is 7.18. The Bertz CT molecular complexity index is 789. The van der Waals surface area contributed by atoms with Crippen LogP contribution in [0.25, 0.3) is 10.7 Å². The Hall–Kier alpha value is -2.60. The van der Waals surface area contributed by atoms with E-state index in [4.69, 9.17) is 0 Å². The molecular formula is C18H18N4OS. The molecule has 122 valence electrons. The number of aromatic nitrogens is 3. The number of pyridine rings is 1. The van der Waals surface area contributed by atoms with Crippen molar-refractivity contribution in [1.29, 1.82) is 0 Å². The molecule has 1 amide bonds. The van der Waals surface area contributed by atoms with Gasteiger partial charge in [-0.1, -0.05) is 61.1 Å². The summed E-state index contributed by atoms with van der Waals surface area (Å²) < 4.78 is 0. The smallest absolute Gasteiger partial charge is 0.233 e. The molecule has 1 atom stereocenters. The number of rotatable bonds is 6. The third-order valence-electron chi connectivity index (χ3n) is 3.63. The second-order valence-electron chi connectivity index (χ2n) is 5.37. The van der Waals surface area contributed by atoms with Gasteiger partial charge in [-0.3, -0.25) is 15.1 Å². The maximum absolute atomic E-state index is 12.7. The van der Waals surface area contributed by atoms with E-state index in [-0.39, 0.29) is 11.8 Å². The number of benzene rings is 1. The molecule has 1 unspecified atom stereocenters. The van der Waals surface area contributed by atoms with Crippen molar-refractivity contribution in [2.45, 2.75) is 25.7 Å². The molecule has 0 bridgehead atoms. The van der Waals surface area contributed by atoms with Crippen LogP contribution in [0.2, 0.25) is 0 Å². The van der Waals surface area contributed by atoms with Gasteiger partial charge in [-0.05, 0) is 24.1 Å². The van der Waals surface area contributed by atoms with Gasteiger partial charge in [0.25, 0.3) is 0 Å². The summed E-state index contributed by atoms with van der Waals surface area (Å²) in [5.74, 6) is -0.231. The SMILES string of the molecule is CCCC(C(=O)Nc1nnc(-c2ccccn2)s1)c1ccccc1. The maximum Gasteiger partial charge on any atom is 0.233 e. The van der Waals surface area contributed by atoms with Gasteiger partial charge in [-0.2, -0.15) is 0 Å². The molecule has 0 aliphatic heterocycles. The van der Waals surface area contributed by atoms with Crippen LogP contribution in [0, 0.1) is 0 Å². The predicted molar refractivity (Wildman–Crippen MR) is 95.9 cm³/mol. The molecule has 2 heterocycles. The van der Waals surface area contributed by atoms with Crippen molar-refractivity contribution >= 4 is 22.4 Å². The molecule has 0 saturated carbocycles. The summed E-state index contributed by atoms with van der Waals surface area (Å²) in [6.45, 7) is 2.08. The first-order valence-electron chi connectivity index (χ1n) is 7.88. The van der Waals surface area contributed by atoms with Crippen LogP contribution in [0.1, 0.15) is 31.2 Å². The first-order valence-corrected chi connectivity index (χ1v) is 8.70. The fraction of sp³-hybridized carbons (Fsp3) is 0.222. The Balaban J connectivity index is 1.75. The Morgan fingerprint density at radius 3 is 2.62 bits per heavy atom. The molecule has 1 aromatic carbocycles. The van der Waals surface area contributed by atoms with Crippen LogP contribution >= 0.6 is 11.3 Å². The number of carbonyl (C=O) groups is 1. The highest BCUT2D eigenvalue weighted by Gasteiger charge is 2.21. The molecule has 2 aromatic heterocycles. The maximum atomic E-state index is 12.7. The van der Waals surface area contributed by atoms with Crippen LogP contribution in [-0.4, -0.2) is 21.1 Å². The monoisotopic (exact) mass is 338 g/mol. The zero-order valence-corrected chi connectivity index (χ0v) is 14.2. The van der Waals surface area contributed by atoms with E-state index in [2.05, 4.69) is 27.4 Å². The average Bonchev–Trinajstić information content (AvgIpc) is 3.09. The van der Waals surface area contributed by atoms with Gasteiger partial charge in [0.2, 0.25) is 11.0 Å². The summed E-state index contributed by atoms with van der Waals surface area (Å²) in [4.78, 5) is 16.9. The number of hydrogen-bond donors (Lipinski definition) is 1. The van der Waals surface area contributed by atoms with Crippen LogP contribution in [-0.2, 0) is 4.79 Å². The third kappa shape index (κ3) is 3.83. The van der Waals surface area contributed by atoms with Crippen LogP contribution < -0.4 is 5.32 Å². The molecule has 24 heavy (non-hydrogen) atoms. The first-order chi connectivity index (χ1) is 11.8. The van der Waals surface area contributed by atoms with Crippen molar-refractivity contribution < 1.29 is 4.79 Å². The van der Waals surface area contributed by atoms with Crippen LogP contribution in [0.15, 0.2) is 54.7 Å². The number of nitrogens with zero attached hydrogens (tertiary/aromatic N) is 3. The molecule has 0 spiro atoms. The summed E-state index contributed by atoms with van der Waals surface area (Å²) in [5.41, 5.74) is 1.77. The summed E-state index contributed by atoms with van der Waals surface area (Å²) in [6, 6.07) is 15.4. The largest absolute Gasteiger partial charge is 0.300 e. The zero-order valence-electron chi connectivity index (χ0n) is 13.3. The summed E-state index contributed by atoms with van der Waals surface area (Å²) in [5, 5.41) is 12.3. The highest BCUT2D eigenvalue weighted by atomic mass is 32.1. The van der Waals surface area contributed by atoms with E-state index in [0.29, 0.717) is 10.1 Å². The van der Waals surface area contributed by atoms with Crippen molar-refractivity contribution in [2.24, 2.45) is 0 Å². The highest BCUT2D eigenvalue weighted by Crippen LogP contribution is 2.27. The lowest BCUT2D eigenvalue weighted by atomic mass is 9.94. The van der Waals surface area contributed by atoms with Gasteiger partial charge in [-0.15, -0.1) is 10.2 Å². The fourth-order valence-electron chi connectivity index (χ4n) is 2.48. The number of anilines is 1. The second kappa shape index (κ2) is 7.79. The molecule has 0 aliphatic rings. The lowest BCUT2D eigenvalue weighted by Crippen LogP contribution is -2.21. The van der Waals surface area contributed by atoms with Crippen molar-refractivity contribution in [2.75, 3.05) is 5.32 Å². The van der Waals surface area contributed by atoms with E-state index in [0.717, 1.165) is 24.1 Å². The molecule has 0 radical (unpaired) electrons. The van der Waals surface area contributed by atoms with E-state index in [1.807, 2.05) is 48.5 Å². The van der Waals surface area contributed by atoms with E-state index in [1.165, 1.54) is 11.3 Å². The van der Waals surface area contributed by atoms with Gasteiger partial charge in [-0.25, -0.2) is 0 Å². The Morgan fingerprint density at radius 1 is 1.12 bits per heavy atom. The number of amides is 1. The molecule has 0 saturated heterocycles. The van der Waals surface area contributed by atoms with Crippen molar-refractivity contribution in [3.8, 4) is 10.7 Å². The molecule has 0 fully saturated rings. The molecular weight excluding hydrogens is 320 g/mol. The first kappa shape index (κ1) is 16.3. The van der Waals surface area contributed by atoms with Crippen molar-refractivity contribution in [3.63, 3.8) is 0 Å². The lowest BCUT2D eigenvalue weighted by molar-refractivity contribution is -0.117. The Kier molecular flexibility index (Phi) is 5.28. The zero-order chi connectivity index (χ0) is 16.8. The Labute approximate surface area is 144 Å². The molecule has 3 aromatic rings. The molecule has 5 nitrogen and oxygen atoms in total. The quantitative estimate of drug-likeness (QED) is 0.734. The normalized spacial score (nSPS) is 11.9. The fourth-order valence-corrected chi connectivity index (χ4v) is 3.21. The van der Waals surface area contributed by atoms with Crippen LogP contribution in [0.4, 0.5) is 5.13 Å². The van der Waals surface area contributed by atoms with Gasteiger partial charge < -0.3 is 0 Å². The minimum absolute atomic E-state index is 0.0493. The molecule has 3 rings (SSSR count). The molecule has 1 N–H and O–H groups in total. The van der Waals surface area contributed by atoms with Crippen molar-refractivity contribution in [1.82, 2.24) is 15.2 Å². The van der Waals surface area contributed by atoms with E-state index >= 15 is 0 Å². The number of carbonyl (C=O) groups excluding carboxylic acids is 1. The lowest BCUT2D eigenvalue weighted by Gasteiger charge is -2.15. The number of hydrogen-bond acceptors (Lipinski definition) is 5. The predicted octanol–water partition coefficient (Wildman–Crippen LogP) is 4.12. The summed E-state index contributed by atoms with van der Waals surface area (Å²) in [6.07, 6.45) is 3.44. The third-order valence-corrected chi connectivity index (χ3v) is 4.50. The summed E-state index contributed by atoms with van der Waals surface area (Å²) in [7, 11) is 0. The van der Waals surface area contributed by atoms with Gasteiger partial charge in [0.05, 0.1) is 5.92 Å².